The number of phenolic OH excluding ortho intramolecular Hbond substituents is 1. The van der Waals surface area contributed by atoms with Gasteiger partial charge in [0.15, 0.2) is 0 Å². The summed E-state index contributed by atoms with van der Waals surface area (Å²) in [6, 6.07) is 16.0. The van der Waals surface area contributed by atoms with E-state index in [0.717, 1.165) is 34.4 Å². The predicted octanol–water partition coefficient (Wildman–Crippen LogP) is 2.51. The molecular weight excluding hydrogens is 624 g/mol. The number of aryl methyl sites for hydroxylation is 2. The maximum absolute atomic E-state index is 15.2. The molecule has 0 aliphatic rings. The molecule has 5 aromatic rings. The van der Waals surface area contributed by atoms with Gasteiger partial charge in [0.25, 0.3) is 6.33 Å². The number of hydrogen-bond acceptors (Lipinski definition) is 6. The van der Waals surface area contributed by atoms with Gasteiger partial charge in [-0.25, -0.2) is 18.3 Å². The van der Waals surface area contributed by atoms with Crippen LogP contribution < -0.4 is 21.5 Å². The van der Waals surface area contributed by atoms with Gasteiger partial charge in [-0.15, -0.1) is 16.0 Å². The van der Waals surface area contributed by atoms with Crippen molar-refractivity contribution in [2.75, 3.05) is 0 Å². The third-order valence-corrected chi connectivity index (χ3v) is 8.29. The second-order valence-electron chi connectivity index (χ2n) is 10.2. The summed E-state index contributed by atoms with van der Waals surface area (Å²) in [5, 5.41) is 38.1. The van der Waals surface area contributed by atoms with Crippen LogP contribution in [0.4, 0.5) is 8.78 Å². The highest BCUT2D eigenvalue weighted by atomic mass is 79.9. The molecule has 0 fully saturated rings. The lowest BCUT2D eigenvalue weighted by atomic mass is 9.82. The first-order chi connectivity index (χ1) is 19.6. The molecule has 3 aromatic carbocycles. The van der Waals surface area contributed by atoms with Crippen molar-refractivity contribution in [2.24, 2.45) is 0 Å². The fourth-order valence-electron chi connectivity index (χ4n) is 4.96. The Morgan fingerprint density at radius 2 is 1.79 bits per heavy atom. The average molecular weight is 653 g/mol. The van der Waals surface area contributed by atoms with Gasteiger partial charge < -0.3 is 27.2 Å². The summed E-state index contributed by atoms with van der Waals surface area (Å²) in [7, 11) is 0. The van der Waals surface area contributed by atoms with Crippen LogP contribution in [0, 0.1) is 36.8 Å². The summed E-state index contributed by atoms with van der Waals surface area (Å²) in [4.78, 5) is 4.72. The standard InChI is InChI=1S/C31H27F2N5O2S.BrH/c1-19-10-23(11-20(2)29(19)39)14-37-17-35-38(18-37)16-31(40,26-9-8-25(32)12-27(26)33)21(3)30-36-28(15-41-30)24-6-4-22(13-34)5-7-24;/h4-12,15,17-18,21,40H,14,16H2,1-3H3;1H. The number of aromatic hydroxyl groups is 1. The minimum atomic E-state index is -1.83. The zero-order valence-electron chi connectivity index (χ0n) is 23.1. The highest BCUT2D eigenvalue weighted by Crippen LogP contribution is 2.41. The van der Waals surface area contributed by atoms with Gasteiger partial charge in [0.2, 0.25) is 6.33 Å². The number of nitriles is 1. The minimum absolute atomic E-state index is 0. The van der Waals surface area contributed by atoms with E-state index in [1.54, 1.807) is 43.8 Å². The van der Waals surface area contributed by atoms with E-state index < -0.39 is 23.2 Å². The van der Waals surface area contributed by atoms with Crippen LogP contribution in [-0.4, -0.2) is 25.0 Å². The molecule has 0 saturated carbocycles. The summed E-state index contributed by atoms with van der Waals surface area (Å²) in [6.07, 6.45) is 3.32. The molecule has 2 N–H and O–H groups in total. The van der Waals surface area contributed by atoms with E-state index in [1.807, 2.05) is 35.9 Å². The van der Waals surface area contributed by atoms with E-state index in [4.69, 9.17) is 10.2 Å². The highest BCUT2D eigenvalue weighted by molar-refractivity contribution is 7.10. The number of thiazole rings is 1. The van der Waals surface area contributed by atoms with Crippen molar-refractivity contribution >= 4 is 11.3 Å². The van der Waals surface area contributed by atoms with Gasteiger partial charge in [-0.05, 0) is 60.9 Å². The highest BCUT2D eigenvalue weighted by Gasteiger charge is 2.43. The summed E-state index contributed by atoms with van der Waals surface area (Å²) in [5.41, 5.74) is 2.63. The topological polar surface area (TPSA) is 98.8 Å². The molecule has 2 aromatic heterocycles. The third-order valence-electron chi connectivity index (χ3n) is 7.26. The fraction of sp³-hybridized carbons (Fsp3) is 0.226. The molecule has 0 bridgehead atoms. The van der Waals surface area contributed by atoms with Crippen LogP contribution in [0.15, 0.2) is 72.6 Å². The molecule has 0 saturated heterocycles. The minimum Gasteiger partial charge on any atom is -1.00 e. The Kier molecular flexibility index (Phi) is 9.21. The molecule has 0 aliphatic heterocycles. The molecule has 7 nitrogen and oxygen atoms in total. The van der Waals surface area contributed by atoms with Crippen molar-refractivity contribution in [2.45, 2.75) is 45.4 Å². The number of phenols is 1. The molecule has 216 valence electrons. The number of aromatic nitrogens is 4. The van der Waals surface area contributed by atoms with E-state index in [2.05, 4.69) is 11.2 Å². The Morgan fingerprint density at radius 1 is 1.10 bits per heavy atom. The van der Waals surface area contributed by atoms with Gasteiger partial charge in [-0.1, -0.05) is 25.1 Å². The van der Waals surface area contributed by atoms with E-state index in [0.29, 0.717) is 22.8 Å². The molecule has 42 heavy (non-hydrogen) atoms. The maximum atomic E-state index is 15.2. The summed E-state index contributed by atoms with van der Waals surface area (Å²) in [6.45, 7) is 5.78. The van der Waals surface area contributed by atoms with Crippen LogP contribution in [0.25, 0.3) is 11.3 Å². The molecule has 5 rings (SSSR count). The first-order valence-corrected chi connectivity index (χ1v) is 13.8. The number of hydrogen-bond donors (Lipinski definition) is 2. The van der Waals surface area contributed by atoms with E-state index in [9.17, 15) is 14.6 Å². The first kappa shape index (κ1) is 31.0. The van der Waals surface area contributed by atoms with Crippen LogP contribution in [0.1, 0.15) is 45.7 Å². The zero-order chi connectivity index (χ0) is 29.3. The molecule has 0 aliphatic carbocycles. The Balaban J connectivity index is 0.00000405. The quantitative estimate of drug-likeness (QED) is 0.251. The summed E-state index contributed by atoms with van der Waals surface area (Å²) in [5.74, 6) is -2.03. The molecule has 0 spiro atoms. The van der Waals surface area contributed by atoms with Gasteiger partial charge in [-0.3, -0.25) is 0 Å². The summed E-state index contributed by atoms with van der Waals surface area (Å²) < 4.78 is 32.3. The Morgan fingerprint density at radius 3 is 2.43 bits per heavy atom. The SMILES string of the molecule is Cc1cc(C[n+]2cnn(CC(O)(c3ccc(F)cc3F)C(C)c3nc(-c4ccc(C#N)cc4)cs3)c2)cc(C)c1O.[Br-]. The van der Waals surface area contributed by atoms with Crippen LogP contribution in [0.5, 0.6) is 5.75 Å². The molecule has 2 heterocycles. The van der Waals surface area contributed by atoms with Crippen molar-refractivity contribution < 1.29 is 40.5 Å². The van der Waals surface area contributed by atoms with Crippen molar-refractivity contribution in [1.29, 1.82) is 5.26 Å². The Labute approximate surface area is 256 Å². The maximum Gasteiger partial charge on any atom is 0.265 e. The Hall–Kier alpha value is -3.98. The lowest BCUT2D eigenvalue weighted by Crippen LogP contribution is -3.00. The number of halogens is 3. The Bertz CT molecular complexity index is 1740. The van der Waals surface area contributed by atoms with Gasteiger partial charge in [0, 0.05) is 33.6 Å². The molecule has 0 amide bonds. The van der Waals surface area contributed by atoms with Crippen molar-refractivity contribution in [3.63, 3.8) is 0 Å². The smallest absolute Gasteiger partial charge is 0.265 e. The predicted molar refractivity (Wildman–Crippen MR) is 150 cm³/mol. The zero-order valence-corrected chi connectivity index (χ0v) is 25.5. The van der Waals surface area contributed by atoms with Gasteiger partial charge in [0.1, 0.15) is 29.5 Å². The largest absolute Gasteiger partial charge is 1.00 e. The van der Waals surface area contributed by atoms with Crippen molar-refractivity contribution in [1.82, 2.24) is 14.8 Å². The molecule has 2 atom stereocenters. The first-order valence-electron chi connectivity index (χ1n) is 12.9. The number of aliphatic hydroxyl groups is 1. The van der Waals surface area contributed by atoms with E-state index in [-0.39, 0.29) is 34.8 Å². The number of rotatable bonds is 8. The summed E-state index contributed by atoms with van der Waals surface area (Å²) >= 11 is 1.33. The van der Waals surface area contributed by atoms with Crippen molar-refractivity contribution in [3.05, 3.63) is 117 Å². The van der Waals surface area contributed by atoms with Crippen LogP contribution in [0.3, 0.4) is 0 Å². The van der Waals surface area contributed by atoms with E-state index in [1.165, 1.54) is 22.1 Å². The van der Waals surface area contributed by atoms with Gasteiger partial charge >= 0.3 is 0 Å². The van der Waals surface area contributed by atoms with Crippen molar-refractivity contribution in [3.8, 4) is 23.1 Å². The van der Waals surface area contributed by atoms with Crippen LogP contribution >= 0.6 is 11.3 Å². The van der Waals surface area contributed by atoms with Crippen LogP contribution in [-0.2, 0) is 18.7 Å². The third kappa shape index (κ3) is 6.26. The van der Waals surface area contributed by atoms with Crippen LogP contribution in [0.2, 0.25) is 0 Å². The second-order valence-corrected chi connectivity index (χ2v) is 11.1. The fourth-order valence-corrected chi connectivity index (χ4v) is 5.93. The molecular formula is C31H28BrF2N5O2S. The monoisotopic (exact) mass is 651 g/mol. The van der Waals surface area contributed by atoms with E-state index >= 15 is 4.39 Å². The van der Waals surface area contributed by atoms with Gasteiger partial charge in [-0.2, -0.15) is 5.26 Å². The lowest BCUT2D eigenvalue weighted by molar-refractivity contribution is -0.689. The van der Waals surface area contributed by atoms with Gasteiger partial charge in [0.05, 0.1) is 28.9 Å². The molecule has 2 unspecified atom stereocenters. The second kappa shape index (κ2) is 12.5. The number of nitrogens with zero attached hydrogens (tertiary/aromatic N) is 5. The molecule has 11 heteroatoms. The lowest BCUT2D eigenvalue weighted by Gasteiger charge is -2.32. The average Bonchev–Trinajstić information content (AvgIpc) is 3.61. The number of benzene rings is 3. The molecule has 0 radical (unpaired) electrons. The normalized spacial score (nSPS) is 13.2.